The number of amides is 1. The first-order valence-corrected chi connectivity index (χ1v) is 12.0. The van der Waals surface area contributed by atoms with Crippen molar-refractivity contribution >= 4 is 33.4 Å². The van der Waals surface area contributed by atoms with Crippen molar-refractivity contribution in [1.29, 1.82) is 0 Å². The molecule has 0 saturated carbocycles. The molecule has 4 aromatic carbocycles. The first-order chi connectivity index (χ1) is 17.2. The maximum Gasteiger partial charge on any atom is 0.256 e. The number of carbonyl (C=O) groups excluding carboxylic acids is 1. The monoisotopic (exact) mass is 461 g/mol. The van der Waals surface area contributed by atoms with Gasteiger partial charge in [-0.3, -0.25) is 4.79 Å². The van der Waals surface area contributed by atoms with E-state index in [0.29, 0.717) is 6.54 Å². The van der Waals surface area contributed by atoms with Crippen LogP contribution in [0.1, 0.15) is 34.6 Å². The second-order valence-electron chi connectivity index (χ2n) is 8.91. The highest BCUT2D eigenvalue weighted by Crippen LogP contribution is 2.37. The van der Waals surface area contributed by atoms with Gasteiger partial charge in [0.2, 0.25) is 0 Å². The fraction of sp³-hybridized carbons (Fsp3) is 0.167. The van der Waals surface area contributed by atoms with E-state index < -0.39 is 0 Å². The fourth-order valence-corrected chi connectivity index (χ4v) is 5.26. The van der Waals surface area contributed by atoms with Crippen LogP contribution in [0, 0.1) is 0 Å². The molecule has 5 aromatic rings. The van der Waals surface area contributed by atoms with Crippen LogP contribution in [0.25, 0.3) is 21.8 Å². The minimum Gasteiger partial charge on any atom is -0.497 e. The molecule has 0 spiro atoms. The van der Waals surface area contributed by atoms with E-state index >= 15 is 0 Å². The largest absolute Gasteiger partial charge is 0.497 e. The highest BCUT2D eigenvalue weighted by atomic mass is 16.5. The summed E-state index contributed by atoms with van der Waals surface area (Å²) in [6.45, 7) is 3.60. The van der Waals surface area contributed by atoms with Crippen LogP contribution >= 0.6 is 0 Å². The Hall–Kier alpha value is -4.25. The van der Waals surface area contributed by atoms with Crippen LogP contribution in [0.5, 0.6) is 5.75 Å². The summed E-state index contributed by atoms with van der Waals surface area (Å²) in [7, 11) is 1.66. The normalized spacial score (nSPS) is 15.1. The third-order valence-corrected chi connectivity index (χ3v) is 6.96. The van der Waals surface area contributed by atoms with E-state index in [9.17, 15) is 4.79 Å². The van der Waals surface area contributed by atoms with Crippen LogP contribution in [-0.2, 0) is 13.1 Å². The van der Waals surface area contributed by atoms with Gasteiger partial charge in [0.1, 0.15) is 11.9 Å². The number of hydrogen-bond donors (Lipinski definition) is 1. The number of anilines is 1. The number of nitrogens with zero attached hydrogens (tertiary/aromatic N) is 2. The Balaban J connectivity index is 1.39. The van der Waals surface area contributed by atoms with Gasteiger partial charge in [0.15, 0.2) is 0 Å². The van der Waals surface area contributed by atoms with Crippen molar-refractivity contribution in [2.24, 2.45) is 0 Å². The van der Waals surface area contributed by atoms with Crippen LogP contribution in [-0.4, -0.2) is 22.5 Å². The highest BCUT2D eigenvalue weighted by Gasteiger charge is 2.36. The summed E-state index contributed by atoms with van der Waals surface area (Å²) in [4.78, 5) is 15.3. The lowest BCUT2D eigenvalue weighted by Crippen LogP contribution is -2.31. The Morgan fingerprint density at radius 3 is 2.40 bits per heavy atom. The molecule has 0 aliphatic carbocycles. The zero-order chi connectivity index (χ0) is 23.9. The molecular formula is C30H27N3O2. The average Bonchev–Trinajstić information content (AvgIpc) is 3.36. The minimum atomic E-state index is -0.252. The SMILES string of the molecule is CCn1c2ccccc2c2cc(NC3c4ccccc4C(=O)N3Cc3ccc(OC)cc3)ccc21. The molecule has 1 N–H and O–H groups in total. The molecule has 2 heterocycles. The summed E-state index contributed by atoms with van der Waals surface area (Å²) in [5, 5.41) is 6.13. The van der Waals surface area contributed by atoms with Crippen molar-refractivity contribution in [1.82, 2.24) is 9.47 Å². The molecule has 1 aromatic heterocycles. The quantitative estimate of drug-likeness (QED) is 0.310. The maximum atomic E-state index is 13.4. The number of benzene rings is 4. The molecule has 1 aliphatic rings. The second-order valence-corrected chi connectivity index (χ2v) is 8.91. The standard InChI is InChI=1S/C30H27N3O2/c1-3-32-27-11-7-6-8-23(27)26-18-21(14-17-28(26)32)31-29-24-9-4-5-10-25(24)30(34)33(29)19-20-12-15-22(35-2)16-13-20/h4-18,29,31H,3,19H2,1-2H3. The lowest BCUT2D eigenvalue weighted by Gasteiger charge is -2.27. The van der Waals surface area contributed by atoms with Crippen molar-refractivity contribution in [2.75, 3.05) is 12.4 Å². The third kappa shape index (κ3) is 3.51. The van der Waals surface area contributed by atoms with E-state index in [-0.39, 0.29) is 12.1 Å². The number of ether oxygens (including phenoxy) is 1. The molecule has 0 saturated heterocycles. The Morgan fingerprint density at radius 2 is 1.60 bits per heavy atom. The number of hydrogen-bond acceptors (Lipinski definition) is 3. The number of fused-ring (bicyclic) bond motifs is 4. The molecule has 0 radical (unpaired) electrons. The number of carbonyl (C=O) groups is 1. The first-order valence-electron chi connectivity index (χ1n) is 12.0. The van der Waals surface area contributed by atoms with Gasteiger partial charge in [-0.25, -0.2) is 0 Å². The molecule has 0 bridgehead atoms. The number of aromatic nitrogens is 1. The average molecular weight is 462 g/mol. The van der Waals surface area contributed by atoms with Gasteiger partial charge < -0.3 is 19.5 Å². The number of rotatable bonds is 6. The summed E-state index contributed by atoms with van der Waals surface area (Å²) in [6, 6.07) is 30.8. The van der Waals surface area contributed by atoms with E-state index in [2.05, 4.69) is 59.3 Å². The molecule has 1 amide bonds. The van der Waals surface area contributed by atoms with Crippen molar-refractivity contribution in [2.45, 2.75) is 26.2 Å². The molecule has 6 rings (SSSR count). The molecule has 1 unspecified atom stereocenters. The fourth-order valence-electron chi connectivity index (χ4n) is 5.26. The lowest BCUT2D eigenvalue weighted by atomic mass is 10.1. The molecular weight excluding hydrogens is 434 g/mol. The van der Waals surface area contributed by atoms with Crippen LogP contribution in [0.15, 0.2) is 91.0 Å². The van der Waals surface area contributed by atoms with Crippen molar-refractivity contribution in [3.05, 3.63) is 108 Å². The van der Waals surface area contributed by atoms with Gasteiger partial charge in [-0.1, -0.05) is 48.5 Å². The molecule has 0 fully saturated rings. The first kappa shape index (κ1) is 21.3. The summed E-state index contributed by atoms with van der Waals surface area (Å²) in [5.41, 5.74) is 6.26. The second kappa shape index (κ2) is 8.51. The van der Waals surface area contributed by atoms with Gasteiger partial charge >= 0.3 is 0 Å². The Bertz CT molecular complexity index is 1550. The van der Waals surface area contributed by atoms with Gasteiger partial charge in [-0.05, 0) is 55.0 Å². The lowest BCUT2D eigenvalue weighted by molar-refractivity contribution is 0.0729. The summed E-state index contributed by atoms with van der Waals surface area (Å²) >= 11 is 0. The van der Waals surface area contributed by atoms with Crippen molar-refractivity contribution < 1.29 is 9.53 Å². The number of aryl methyl sites for hydroxylation is 1. The number of para-hydroxylation sites is 1. The van der Waals surface area contributed by atoms with Gasteiger partial charge in [-0.15, -0.1) is 0 Å². The number of methoxy groups -OCH3 is 1. The predicted octanol–water partition coefficient (Wildman–Crippen LogP) is 6.59. The molecule has 35 heavy (non-hydrogen) atoms. The van der Waals surface area contributed by atoms with Gasteiger partial charge in [0, 0.05) is 51.7 Å². The summed E-state index contributed by atoms with van der Waals surface area (Å²) < 4.78 is 7.64. The molecule has 1 atom stereocenters. The topological polar surface area (TPSA) is 46.5 Å². The highest BCUT2D eigenvalue weighted by molar-refractivity contribution is 6.09. The smallest absolute Gasteiger partial charge is 0.256 e. The molecule has 5 nitrogen and oxygen atoms in total. The summed E-state index contributed by atoms with van der Waals surface area (Å²) in [6.07, 6.45) is -0.252. The predicted molar refractivity (Wildman–Crippen MR) is 141 cm³/mol. The Kier molecular flexibility index (Phi) is 5.18. The van der Waals surface area contributed by atoms with Gasteiger partial charge in [0.25, 0.3) is 5.91 Å². The van der Waals surface area contributed by atoms with Crippen molar-refractivity contribution in [3.63, 3.8) is 0 Å². The van der Waals surface area contributed by atoms with Crippen molar-refractivity contribution in [3.8, 4) is 5.75 Å². The molecule has 1 aliphatic heterocycles. The zero-order valence-electron chi connectivity index (χ0n) is 19.9. The van der Waals surface area contributed by atoms with E-state index in [0.717, 1.165) is 34.7 Å². The zero-order valence-corrected chi connectivity index (χ0v) is 19.9. The Morgan fingerprint density at radius 1 is 0.857 bits per heavy atom. The molecule has 5 heteroatoms. The molecule has 174 valence electrons. The van der Waals surface area contributed by atoms with Crippen LogP contribution < -0.4 is 10.1 Å². The van der Waals surface area contributed by atoms with Crippen LogP contribution in [0.2, 0.25) is 0 Å². The third-order valence-electron chi connectivity index (χ3n) is 6.96. The maximum absolute atomic E-state index is 13.4. The Labute approximate surface area is 204 Å². The van der Waals surface area contributed by atoms with Crippen LogP contribution in [0.4, 0.5) is 5.69 Å². The van der Waals surface area contributed by atoms with Gasteiger partial charge in [0.05, 0.1) is 7.11 Å². The van der Waals surface area contributed by atoms with Crippen LogP contribution in [0.3, 0.4) is 0 Å². The van der Waals surface area contributed by atoms with Gasteiger partial charge in [-0.2, -0.15) is 0 Å². The van der Waals surface area contributed by atoms with E-state index in [4.69, 9.17) is 4.74 Å². The minimum absolute atomic E-state index is 0.0394. The number of nitrogens with one attached hydrogen (secondary N) is 1. The van der Waals surface area contributed by atoms with E-state index in [1.165, 1.54) is 21.8 Å². The van der Waals surface area contributed by atoms with E-state index in [1.54, 1.807) is 7.11 Å². The van der Waals surface area contributed by atoms with E-state index in [1.807, 2.05) is 53.4 Å². The summed E-state index contributed by atoms with van der Waals surface area (Å²) in [5.74, 6) is 0.844.